The first-order valence-corrected chi connectivity index (χ1v) is 6.28. The molecule has 1 fully saturated rings. The number of rotatable bonds is 3. The van der Waals surface area contributed by atoms with Crippen molar-refractivity contribution in [2.75, 3.05) is 19.0 Å². The summed E-state index contributed by atoms with van der Waals surface area (Å²) in [5.74, 6) is -1.33. The second-order valence-electron chi connectivity index (χ2n) is 4.73. The van der Waals surface area contributed by atoms with Gasteiger partial charge in [-0.2, -0.15) is 0 Å². The van der Waals surface area contributed by atoms with Crippen molar-refractivity contribution in [2.24, 2.45) is 5.92 Å². The molecule has 1 unspecified atom stereocenters. The van der Waals surface area contributed by atoms with Crippen molar-refractivity contribution >= 4 is 23.5 Å². The molecule has 1 aromatic carbocycles. The number of methoxy groups -OCH3 is 1. The molecule has 0 radical (unpaired) electrons. The third kappa shape index (κ3) is 2.96. The number of carbonyl (C=O) groups excluding carboxylic acids is 3. The number of ether oxygens (including phenoxy) is 1. The van der Waals surface area contributed by atoms with Gasteiger partial charge >= 0.3 is 5.97 Å². The van der Waals surface area contributed by atoms with E-state index in [-0.39, 0.29) is 18.2 Å². The van der Waals surface area contributed by atoms with Crippen LogP contribution in [0.1, 0.15) is 22.3 Å². The van der Waals surface area contributed by atoms with Crippen LogP contribution in [0.15, 0.2) is 18.2 Å². The van der Waals surface area contributed by atoms with Gasteiger partial charge in [-0.3, -0.25) is 9.59 Å². The van der Waals surface area contributed by atoms with Crippen molar-refractivity contribution in [3.63, 3.8) is 0 Å². The molecule has 1 aliphatic heterocycles. The molecule has 0 bridgehead atoms. The molecule has 20 heavy (non-hydrogen) atoms. The normalized spacial score (nSPS) is 17.5. The van der Waals surface area contributed by atoms with Gasteiger partial charge in [-0.15, -0.1) is 0 Å². The number of nitrogens with one attached hydrogen (secondary N) is 2. The maximum Gasteiger partial charge on any atom is 0.339 e. The van der Waals surface area contributed by atoms with Gasteiger partial charge in [0.1, 0.15) is 0 Å². The zero-order valence-corrected chi connectivity index (χ0v) is 11.4. The lowest BCUT2D eigenvalue weighted by Gasteiger charge is -2.13. The smallest absolute Gasteiger partial charge is 0.339 e. The first-order valence-electron chi connectivity index (χ1n) is 6.28. The number of esters is 1. The Kier molecular flexibility index (Phi) is 4.02. The van der Waals surface area contributed by atoms with Gasteiger partial charge in [0.25, 0.3) is 0 Å². The van der Waals surface area contributed by atoms with Crippen LogP contribution in [0.3, 0.4) is 0 Å². The minimum absolute atomic E-state index is 0.137. The Morgan fingerprint density at radius 3 is 2.75 bits per heavy atom. The number of aryl methyl sites for hydroxylation is 1. The second kappa shape index (κ2) is 5.73. The fraction of sp³-hybridized carbons (Fsp3) is 0.357. The summed E-state index contributed by atoms with van der Waals surface area (Å²) >= 11 is 0. The van der Waals surface area contributed by atoms with Crippen LogP contribution in [0.5, 0.6) is 0 Å². The van der Waals surface area contributed by atoms with E-state index in [4.69, 9.17) is 4.74 Å². The second-order valence-corrected chi connectivity index (χ2v) is 4.73. The molecule has 1 atom stereocenters. The van der Waals surface area contributed by atoms with Crippen LogP contribution in [-0.4, -0.2) is 31.4 Å². The maximum absolute atomic E-state index is 12.1. The van der Waals surface area contributed by atoms with E-state index in [1.165, 1.54) is 7.11 Å². The van der Waals surface area contributed by atoms with Crippen LogP contribution in [0.2, 0.25) is 0 Å². The van der Waals surface area contributed by atoms with Crippen molar-refractivity contribution in [3.05, 3.63) is 29.3 Å². The molecule has 6 nitrogen and oxygen atoms in total. The van der Waals surface area contributed by atoms with Crippen molar-refractivity contribution in [1.29, 1.82) is 0 Å². The zero-order chi connectivity index (χ0) is 14.7. The average Bonchev–Trinajstić information content (AvgIpc) is 2.86. The van der Waals surface area contributed by atoms with E-state index in [1.54, 1.807) is 18.2 Å². The van der Waals surface area contributed by atoms with Gasteiger partial charge in [0, 0.05) is 13.0 Å². The lowest BCUT2D eigenvalue weighted by atomic mass is 10.1. The van der Waals surface area contributed by atoms with Crippen molar-refractivity contribution in [2.45, 2.75) is 13.3 Å². The third-order valence-corrected chi connectivity index (χ3v) is 3.19. The number of hydrogen-bond donors (Lipinski definition) is 2. The van der Waals surface area contributed by atoms with E-state index in [1.807, 2.05) is 6.92 Å². The van der Waals surface area contributed by atoms with E-state index >= 15 is 0 Å². The number of amides is 2. The molecule has 6 heteroatoms. The van der Waals surface area contributed by atoms with E-state index in [0.717, 1.165) is 5.56 Å². The van der Waals surface area contributed by atoms with E-state index < -0.39 is 11.9 Å². The zero-order valence-electron chi connectivity index (χ0n) is 11.4. The number of carbonyl (C=O) groups is 3. The molecular weight excluding hydrogens is 260 g/mol. The van der Waals surface area contributed by atoms with Crippen LogP contribution >= 0.6 is 0 Å². The lowest BCUT2D eigenvalue weighted by Crippen LogP contribution is -2.25. The summed E-state index contributed by atoms with van der Waals surface area (Å²) in [6, 6.07) is 5.10. The Hall–Kier alpha value is -2.37. The standard InChI is InChI=1S/C14H16N2O4/c1-8-3-4-11(10(5-8)14(19)20-2)16-13(18)9-6-12(17)15-7-9/h3-5,9H,6-7H2,1-2H3,(H,15,17)(H,16,18). The summed E-state index contributed by atoms with van der Waals surface area (Å²) in [6.45, 7) is 2.17. The molecule has 1 saturated heterocycles. The Bertz CT molecular complexity index is 568. The predicted molar refractivity (Wildman–Crippen MR) is 72.3 cm³/mol. The summed E-state index contributed by atoms with van der Waals surface area (Å²) in [5.41, 5.74) is 1.59. The Labute approximate surface area is 116 Å². The first-order chi connectivity index (χ1) is 9.51. The lowest BCUT2D eigenvalue weighted by molar-refractivity contribution is -0.123. The van der Waals surface area contributed by atoms with Gasteiger partial charge in [0.15, 0.2) is 0 Å². The number of anilines is 1. The van der Waals surface area contributed by atoms with Crippen LogP contribution in [0.4, 0.5) is 5.69 Å². The van der Waals surface area contributed by atoms with E-state index in [9.17, 15) is 14.4 Å². The predicted octanol–water partition coefficient (Wildman–Crippen LogP) is 0.856. The third-order valence-electron chi connectivity index (χ3n) is 3.19. The Morgan fingerprint density at radius 2 is 2.15 bits per heavy atom. The molecule has 1 heterocycles. The monoisotopic (exact) mass is 276 g/mol. The van der Waals surface area contributed by atoms with Crippen molar-refractivity contribution in [3.8, 4) is 0 Å². The first kappa shape index (κ1) is 14.0. The van der Waals surface area contributed by atoms with Crippen molar-refractivity contribution < 1.29 is 19.1 Å². The summed E-state index contributed by atoms with van der Waals surface area (Å²) in [6.07, 6.45) is 0.172. The molecule has 0 aliphatic carbocycles. The van der Waals surface area contributed by atoms with E-state index in [0.29, 0.717) is 17.8 Å². The molecule has 106 valence electrons. The quantitative estimate of drug-likeness (QED) is 0.802. The summed E-state index contributed by atoms with van der Waals surface area (Å²) < 4.78 is 4.70. The van der Waals surface area contributed by atoms with Crippen LogP contribution < -0.4 is 10.6 Å². The summed E-state index contributed by atoms with van der Waals surface area (Å²) in [4.78, 5) is 34.9. The van der Waals surface area contributed by atoms with Gasteiger partial charge in [-0.25, -0.2) is 4.79 Å². The SMILES string of the molecule is COC(=O)c1cc(C)ccc1NC(=O)C1CNC(=O)C1. The highest BCUT2D eigenvalue weighted by Gasteiger charge is 2.28. The number of benzene rings is 1. The minimum Gasteiger partial charge on any atom is -0.465 e. The molecule has 2 N–H and O–H groups in total. The van der Waals surface area contributed by atoms with E-state index in [2.05, 4.69) is 10.6 Å². The fourth-order valence-electron chi connectivity index (χ4n) is 2.07. The summed E-state index contributed by atoms with van der Waals surface area (Å²) in [7, 11) is 1.29. The molecular formula is C14H16N2O4. The minimum atomic E-state index is -0.510. The Morgan fingerprint density at radius 1 is 1.40 bits per heavy atom. The molecule has 0 aromatic heterocycles. The molecule has 2 amide bonds. The fourth-order valence-corrected chi connectivity index (χ4v) is 2.07. The van der Waals surface area contributed by atoms with Gasteiger partial charge in [-0.1, -0.05) is 11.6 Å². The average molecular weight is 276 g/mol. The van der Waals surface area contributed by atoms with Gasteiger partial charge < -0.3 is 15.4 Å². The largest absolute Gasteiger partial charge is 0.465 e. The highest BCUT2D eigenvalue weighted by molar-refractivity contribution is 6.03. The number of hydrogen-bond acceptors (Lipinski definition) is 4. The van der Waals surface area contributed by atoms with Crippen LogP contribution in [0, 0.1) is 12.8 Å². The van der Waals surface area contributed by atoms with Gasteiger partial charge in [0.05, 0.1) is 24.3 Å². The molecule has 0 spiro atoms. The molecule has 1 aromatic rings. The molecule has 0 saturated carbocycles. The molecule has 2 rings (SSSR count). The summed E-state index contributed by atoms with van der Waals surface area (Å²) in [5, 5.41) is 5.29. The van der Waals surface area contributed by atoms with Crippen LogP contribution in [-0.2, 0) is 14.3 Å². The topological polar surface area (TPSA) is 84.5 Å². The highest BCUT2D eigenvalue weighted by atomic mass is 16.5. The maximum atomic E-state index is 12.1. The van der Waals surface area contributed by atoms with Gasteiger partial charge in [-0.05, 0) is 19.1 Å². The van der Waals surface area contributed by atoms with Crippen LogP contribution in [0.25, 0.3) is 0 Å². The molecule has 1 aliphatic rings. The Balaban J connectivity index is 2.18. The van der Waals surface area contributed by atoms with Gasteiger partial charge in [0.2, 0.25) is 11.8 Å². The highest BCUT2D eigenvalue weighted by Crippen LogP contribution is 2.20. The van der Waals surface area contributed by atoms with Crippen molar-refractivity contribution in [1.82, 2.24) is 5.32 Å².